The van der Waals surface area contributed by atoms with Crippen LogP contribution in [0.5, 0.6) is 0 Å². The predicted octanol–water partition coefficient (Wildman–Crippen LogP) is 2.10. The quantitative estimate of drug-likeness (QED) is 0.699. The molecule has 0 bridgehead atoms. The van der Waals surface area contributed by atoms with Crippen molar-refractivity contribution in [1.29, 1.82) is 0 Å². The molecule has 0 atom stereocenters. The fourth-order valence-electron chi connectivity index (χ4n) is 0.794. The van der Waals surface area contributed by atoms with Gasteiger partial charge in [-0.15, -0.1) is 0 Å². The Morgan fingerprint density at radius 3 is 2.23 bits per heavy atom. The van der Waals surface area contributed by atoms with E-state index in [9.17, 15) is 0 Å². The lowest BCUT2D eigenvalue weighted by molar-refractivity contribution is -0.0152. The Bertz CT molecular complexity index is 261. The molecular formula is C10H16N2O. The van der Waals surface area contributed by atoms with E-state index in [1.807, 2.05) is 27.7 Å². The molecule has 0 saturated heterocycles. The van der Waals surface area contributed by atoms with Gasteiger partial charge in [-0.3, -0.25) is 0 Å². The second kappa shape index (κ2) is 3.83. The molecule has 3 heteroatoms. The van der Waals surface area contributed by atoms with Crippen molar-refractivity contribution in [3.05, 3.63) is 23.8 Å². The van der Waals surface area contributed by atoms with Gasteiger partial charge < -0.3 is 4.74 Å². The maximum atomic E-state index is 5.58. The van der Waals surface area contributed by atoms with Crippen molar-refractivity contribution >= 4 is 0 Å². The van der Waals surface area contributed by atoms with E-state index in [0.717, 1.165) is 11.4 Å². The molecule has 0 fully saturated rings. The second-order valence-corrected chi connectivity index (χ2v) is 4.04. The first-order valence-electron chi connectivity index (χ1n) is 4.39. The second-order valence-electron chi connectivity index (χ2n) is 4.04. The van der Waals surface area contributed by atoms with Gasteiger partial charge in [-0.25, -0.2) is 9.97 Å². The normalized spacial score (nSPS) is 11.7. The maximum absolute atomic E-state index is 5.58. The fraction of sp³-hybridized carbons (Fsp3) is 0.600. The van der Waals surface area contributed by atoms with Gasteiger partial charge in [0, 0.05) is 18.0 Å². The zero-order valence-electron chi connectivity index (χ0n) is 8.66. The van der Waals surface area contributed by atoms with Crippen LogP contribution < -0.4 is 0 Å². The van der Waals surface area contributed by atoms with E-state index in [1.54, 1.807) is 12.4 Å². The van der Waals surface area contributed by atoms with Crippen LogP contribution in [0.15, 0.2) is 12.4 Å². The summed E-state index contributed by atoms with van der Waals surface area (Å²) in [7, 11) is 0. The van der Waals surface area contributed by atoms with Crippen LogP contribution in [-0.2, 0) is 11.3 Å². The maximum Gasteiger partial charge on any atom is 0.125 e. The van der Waals surface area contributed by atoms with Crippen LogP contribution in [0.2, 0.25) is 0 Å². The lowest BCUT2D eigenvalue weighted by Crippen LogP contribution is -2.18. The number of hydrogen-bond donors (Lipinski definition) is 0. The smallest absolute Gasteiger partial charge is 0.125 e. The first kappa shape index (κ1) is 10.1. The summed E-state index contributed by atoms with van der Waals surface area (Å²) in [6, 6.07) is 0. The van der Waals surface area contributed by atoms with Gasteiger partial charge >= 0.3 is 0 Å². The first-order chi connectivity index (χ1) is 5.97. The van der Waals surface area contributed by atoms with Gasteiger partial charge in [-0.1, -0.05) is 0 Å². The standard InChI is InChI=1S/C10H16N2O/c1-8-11-5-9(6-12-8)7-13-10(2,3)4/h5-6H,7H2,1-4H3. The number of nitrogens with zero attached hydrogens (tertiary/aromatic N) is 2. The van der Waals surface area contributed by atoms with Gasteiger partial charge in [0.25, 0.3) is 0 Å². The van der Waals surface area contributed by atoms with Crippen molar-refractivity contribution in [2.45, 2.75) is 39.9 Å². The summed E-state index contributed by atoms with van der Waals surface area (Å²) in [6.45, 7) is 8.53. The Balaban J connectivity index is 2.51. The molecule has 1 aromatic rings. The zero-order valence-corrected chi connectivity index (χ0v) is 8.66. The fourth-order valence-corrected chi connectivity index (χ4v) is 0.794. The van der Waals surface area contributed by atoms with E-state index in [-0.39, 0.29) is 5.60 Å². The highest BCUT2D eigenvalue weighted by Crippen LogP contribution is 2.10. The van der Waals surface area contributed by atoms with Gasteiger partial charge in [0.05, 0.1) is 12.2 Å². The van der Waals surface area contributed by atoms with Crippen molar-refractivity contribution in [3.63, 3.8) is 0 Å². The Kier molecular flexibility index (Phi) is 2.98. The highest BCUT2D eigenvalue weighted by Gasteiger charge is 2.09. The first-order valence-corrected chi connectivity index (χ1v) is 4.39. The van der Waals surface area contributed by atoms with Gasteiger partial charge in [0.15, 0.2) is 0 Å². The minimum Gasteiger partial charge on any atom is -0.371 e. The topological polar surface area (TPSA) is 35.0 Å². The summed E-state index contributed by atoms with van der Waals surface area (Å²) in [4.78, 5) is 8.18. The molecule has 13 heavy (non-hydrogen) atoms. The van der Waals surface area contributed by atoms with Gasteiger partial charge in [0.1, 0.15) is 5.82 Å². The molecule has 1 rings (SSSR count). The number of hydrogen-bond acceptors (Lipinski definition) is 3. The van der Waals surface area contributed by atoms with Crippen molar-refractivity contribution in [1.82, 2.24) is 9.97 Å². The largest absolute Gasteiger partial charge is 0.371 e. The Labute approximate surface area is 79.2 Å². The highest BCUT2D eigenvalue weighted by atomic mass is 16.5. The lowest BCUT2D eigenvalue weighted by atomic mass is 10.2. The van der Waals surface area contributed by atoms with Crippen LogP contribution in [-0.4, -0.2) is 15.6 Å². The summed E-state index contributed by atoms with van der Waals surface area (Å²) < 4.78 is 5.58. The average molecular weight is 180 g/mol. The Morgan fingerprint density at radius 2 is 1.77 bits per heavy atom. The molecule has 0 amide bonds. The molecule has 0 spiro atoms. The molecule has 0 saturated carbocycles. The number of aryl methyl sites for hydroxylation is 1. The van der Waals surface area contributed by atoms with E-state index >= 15 is 0 Å². The minimum absolute atomic E-state index is 0.106. The molecule has 1 aromatic heterocycles. The molecule has 72 valence electrons. The summed E-state index contributed by atoms with van der Waals surface area (Å²) in [5.74, 6) is 0.791. The minimum atomic E-state index is -0.106. The van der Waals surface area contributed by atoms with E-state index in [1.165, 1.54) is 0 Å². The number of ether oxygens (including phenoxy) is 1. The highest BCUT2D eigenvalue weighted by molar-refractivity contribution is 5.03. The van der Waals surface area contributed by atoms with Gasteiger partial charge in [-0.05, 0) is 27.7 Å². The van der Waals surface area contributed by atoms with E-state index < -0.39 is 0 Å². The molecule has 0 radical (unpaired) electrons. The molecule has 0 aliphatic rings. The summed E-state index contributed by atoms with van der Waals surface area (Å²) >= 11 is 0. The Hall–Kier alpha value is -0.960. The van der Waals surface area contributed by atoms with Crippen LogP contribution in [0.4, 0.5) is 0 Å². The molecule has 0 aromatic carbocycles. The monoisotopic (exact) mass is 180 g/mol. The third kappa shape index (κ3) is 3.99. The third-order valence-electron chi connectivity index (χ3n) is 1.51. The van der Waals surface area contributed by atoms with Crippen molar-refractivity contribution in [2.24, 2.45) is 0 Å². The van der Waals surface area contributed by atoms with Gasteiger partial charge in [-0.2, -0.15) is 0 Å². The molecule has 0 aliphatic heterocycles. The molecule has 1 heterocycles. The summed E-state index contributed by atoms with van der Waals surface area (Å²) in [5.41, 5.74) is 0.908. The molecule has 0 N–H and O–H groups in total. The van der Waals surface area contributed by atoms with Gasteiger partial charge in [0.2, 0.25) is 0 Å². The van der Waals surface area contributed by atoms with Crippen LogP contribution >= 0.6 is 0 Å². The summed E-state index contributed by atoms with van der Waals surface area (Å²) in [6.07, 6.45) is 3.60. The third-order valence-corrected chi connectivity index (χ3v) is 1.51. The van der Waals surface area contributed by atoms with Crippen LogP contribution in [0.25, 0.3) is 0 Å². The molecular weight excluding hydrogens is 164 g/mol. The molecule has 0 aliphatic carbocycles. The van der Waals surface area contributed by atoms with Crippen LogP contribution in [0, 0.1) is 6.92 Å². The SMILES string of the molecule is Cc1ncc(COC(C)(C)C)cn1. The number of aromatic nitrogens is 2. The van der Waals surface area contributed by atoms with E-state index in [2.05, 4.69) is 9.97 Å². The Morgan fingerprint density at radius 1 is 1.23 bits per heavy atom. The van der Waals surface area contributed by atoms with Crippen molar-refractivity contribution < 1.29 is 4.74 Å². The zero-order chi connectivity index (χ0) is 9.90. The summed E-state index contributed by atoms with van der Waals surface area (Å²) in [5, 5.41) is 0. The molecule has 0 unspecified atom stereocenters. The van der Waals surface area contributed by atoms with E-state index in [0.29, 0.717) is 6.61 Å². The predicted molar refractivity (Wildman–Crippen MR) is 51.3 cm³/mol. The average Bonchev–Trinajstić information content (AvgIpc) is 2.02. The lowest BCUT2D eigenvalue weighted by Gasteiger charge is -2.19. The van der Waals surface area contributed by atoms with E-state index in [4.69, 9.17) is 4.74 Å². The van der Waals surface area contributed by atoms with Crippen molar-refractivity contribution in [2.75, 3.05) is 0 Å². The van der Waals surface area contributed by atoms with Crippen LogP contribution in [0.3, 0.4) is 0 Å². The molecule has 3 nitrogen and oxygen atoms in total. The van der Waals surface area contributed by atoms with Crippen molar-refractivity contribution in [3.8, 4) is 0 Å². The number of rotatable bonds is 2. The van der Waals surface area contributed by atoms with Crippen LogP contribution in [0.1, 0.15) is 32.2 Å².